The summed E-state index contributed by atoms with van der Waals surface area (Å²) >= 11 is 0. The predicted molar refractivity (Wildman–Crippen MR) is 120 cm³/mol. The van der Waals surface area contributed by atoms with Crippen LogP contribution in [0.2, 0.25) is 0 Å². The summed E-state index contributed by atoms with van der Waals surface area (Å²) in [7, 11) is 0. The lowest BCUT2D eigenvalue weighted by Gasteiger charge is -2.62. The minimum atomic E-state index is 0.356. The normalized spacial score (nSPS) is 46.8. The Hall–Kier alpha value is -0.120. The maximum Gasteiger partial charge on any atom is 0.0611 e. The summed E-state index contributed by atoms with van der Waals surface area (Å²) in [5.41, 5.74) is 6.85. The summed E-state index contributed by atoms with van der Waals surface area (Å²) in [6.45, 7) is 7.26. The molecule has 3 nitrogen and oxygen atoms in total. The Morgan fingerprint density at radius 3 is 2.55 bits per heavy atom. The molecule has 0 heterocycles. The first-order valence-electron chi connectivity index (χ1n) is 13.0. The van der Waals surface area contributed by atoms with Gasteiger partial charge in [-0.05, 0) is 111 Å². The zero-order chi connectivity index (χ0) is 20.5. The van der Waals surface area contributed by atoms with Crippen LogP contribution < -0.4 is 5.73 Å². The van der Waals surface area contributed by atoms with Gasteiger partial charge in [0, 0.05) is 13.2 Å². The number of nitrogens with two attached hydrogens (primary N) is 1. The second-order valence-corrected chi connectivity index (χ2v) is 11.6. The molecule has 0 aromatic heterocycles. The second-order valence-electron chi connectivity index (χ2n) is 11.6. The molecular weight excluding hydrogens is 358 g/mol. The van der Waals surface area contributed by atoms with Crippen molar-refractivity contribution < 1.29 is 9.84 Å². The number of hydrogen-bond acceptors (Lipinski definition) is 3. The molecule has 4 saturated carbocycles. The number of aliphatic hydroxyl groups excluding tert-OH is 1. The van der Waals surface area contributed by atoms with Crippen LogP contribution >= 0.6 is 0 Å². The summed E-state index contributed by atoms with van der Waals surface area (Å²) < 4.78 is 6.66. The number of fused-ring (bicyclic) bond motifs is 5. The van der Waals surface area contributed by atoms with Crippen LogP contribution in [-0.2, 0) is 4.74 Å². The van der Waals surface area contributed by atoms with Gasteiger partial charge in [0.05, 0.1) is 6.10 Å². The average molecular weight is 406 g/mol. The molecule has 0 aromatic rings. The van der Waals surface area contributed by atoms with Gasteiger partial charge >= 0.3 is 0 Å². The molecule has 0 spiro atoms. The van der Waals surface area contributed by atoms with Gasteiger partial charge in [-0.15, -0.1) is 0 Å². The Labute approximate surface area is 179 Å². The summed E-state index contributed by atoms with van der Waals surface area (Å²) in [4.78, 5) is 0. The SMILES string of the molecule is C[C@]12CCC3[C@H](C1CC[C@@H]2CCCCO)[C@H](OCCCN)C[C@@H]1CCCC[C@]31C. The van der Waals surface area contributed by atoms with Crippen molar-refractivity contribution in [2.45, 2.75) is 103 Å². The first-order chi connectivity index (χ1) is 14.0. The van der Waals surface area contributed by atoms with Crippen LogP contribution in [0.25, 0.3) is 0 Å². The van der Waals surface area contributed by atoms with Crippen molar-refractivity contribution in [2.24, 2.45) is 46.2 Å². The van der Waals surface area contributed by atoms with Gasteiger partial charge in [-0.25, -0.2) is 0 Å². The standard InChI is InChI=1S/C26H47NO2/c1-25-13-5-3-9-20(25)18-23(29-17-7-15-27)24-21-11-10-19(8-4-6-16-28)26(21,2)14-12-22(24)25/h19-24,28H,3-18,27H2,1-2H3/t19-,20-,21?,22?,23+,24-,25-,26+/m0/s1. The molecule has 8 atom stereocenters. The average Bonchev–Trinajstić information content (AvgIpc) is 3.05. The third-order valence-electron chi connectivity index (χ3n) is 10.4. The Morgan fingerprint density at radius 1 is 0.931 bits per heavy atom. The second kappa shape index (κ2) is 9.17. The zero-order valence-electron chi connectivity index (χ0n) is 19.2. The van der Waals surface area contributed by atoms with E-state index in [1.54, 1.807) is 0 Å². The van der Waals surface area contributed by atoms with E-state index in [9.17, 15) is 5.11 Å². The Balaban J connectivity index is 1.56. The van der Waals surface area contributed by atoms with E-state index >= 15 is 0 Å². The van der Waals surface area contributed by atoms with Crippen molar-refractivity contribution in [3.8, 4) is 0 Å². The van der Waals surface area contributed by atoms with Gasteiger partial charge in [0.25, 0.3) is 0 Å². The van der Waals surface area contributed by atoms with Crippen LogP contribution in [0.5, 0.6) is 0 Å². The van der Waals surface area contributed by atoms with E-state index in [0.29, 0.717) is 23.5 Å². The molecule has 29 heavy (non-hydrogen) atoms. The summed E-state index contributed by atoms with van der Waals surface area (Å²) in [5, 5.41) is 9.24. The number of rotatable bonds is 8. The summed E-state index contributed by atoms with van der Waals surface area (Å²) in [6.07, 6.45) is 17.7. The van der Waals surface area contributed by atoms with E-state index in [2.05, 4.69) is 13.8 Å². The third kappa shape index (κ3) is 3.94. The predicted octanol–water partition coefficient (Wildman–Crippen LogP) is 5.54. The third-order valence-corrected chi connectivity index (χ3v) is 10.4. The molecule has 168 valence electrons. The summed E-state index contributed by atoms with van der Waals surface area (Å²) in [6, 6.07) is 0. The molecule has 4 fully saturated rings. The number of unbranched alkanes of at least 4 members (excludes halogenated alkanes) is 1. The summed E-state index contributed by atoms with van der Waals surface area (Å²) in [5.74, 6) is 4.24. The lowest BCUT2D eigenvalue weighted by Crippen LogP contribution is -2.58. The van der Waals surface area contributed by atoms with Gasteiger partial charge in [-0.1, -0.05) is 33.1 Å². The molecule has 4 aliphatic carbocycles. The quantitative estimate of drug-likeness (QED) is 0.521. The van der Waals surface area contributed by atoms with E-state index in [-0.39, 0.29) is 0 Å². The number of ether oxygens (including phenoxy) is 1. The van der Waals surface area contributed by atoms with E-state index in [1.165, 1.54) is 70.6 Å². The highest BCUT2D eigenvalue weighted by Gasteiger charge is 2.62. The lowest BCUT2D eigenvalue weighted by molar-refractivity contribution is -0.179. The Kier molecular flexibility index (Phi) is 6.98. The van der Waals surface area contributed by atoms with Gasteiger partial charge in [-0.3, -0.25) is 0 Å². The monoisotopic (exact) mass is 405 g/mol. The highest BCUT2D eigenvalue weighted by molar-refractivity contribution is 5.11. The molecular formula is C26H47NO2. The van der Waals surface area contributed by atoms with E-state index in [4.69, 9.17) is 10.5 Å². The molecule has 0 radical (unpaired) electrons. The van der Waals surface area contributed by atoms with E-state index in [1.807, 2.05) is 0 Å². The number of aliphatic hydroxyl groups is 1. The topological polar surface area (TPSA) is 55.5 Å². The van der Waals surface area contributed by atoms with Crippen LogP contribution in [0.15, 0.2) is 0 Å². The van der Waals surface area contributed by atoms with Gasteiger partial charge in [-0.2, -0.15) is 0 Å². The zero-order valence-corrected chi connectivity index (χ0v) is 19.2. The molecule has 4 aliphatic rings. The fraction of sp³-hybridized carbons (Fsp3) is 1.00. The van der Waals surface area contributed by atoms with Crippen LogP contribution in [0.3, 0.4) is 0 Å². The molecule has 2 unspecified atom stereocenters. The van der Waals surface area contributed by atoms with Gasteiger partial charge in [0.1, 0.15) is 0 Å². The van der Waals surface area contributed by atoms with Crippen molar-refractivity contribution >= 4 is 0 Å². The molecule has 3 heteroatoms. The lowest BCUT2D eigenvalue weighted by atomic mass is 9.44. The molecule has 4 rings (SSSR count). The Bertz CT molecular complexity index is 539. The molecule has 3 N–H and O–H groups in total. The van der Waals surface area contributed by atoms with Crippen LogP contribution in [0.1, 0.15) is 97.3 Å². The highest BCUT2D eigenvalue weighted by atomic mass is 16.5. The minimum Gasteiger partial charge on any atom is -0.396 e. The molecule has 0 bridgehead atoms. The van der Waals surface area contributed by atoms with Crippen LogP contribution in [0, 0.1) is 40.4 Å². The van der Waals surface area contributed by atoms with Crippen LogP contribution in [-0.4, -0.2) is 31.0 Å². The minimum absolute atomic E-state index is 0.356. The Morgan fingerprint density at radius 2 is 1.76 bits per heavy atom. The first kappa shape index (κ1) is 22.1. The maximum absolute atomic E-state index is 9.24. The maximum atomic E-state index is 9.24. The largest absolute Gasteiger partial charge is 0.396 e. The highest BCUT2D eigenvalue weighted by Crippen LogP contribution is 2.68. The van der Waals surface area contributed by atoms with E-state index in [0.717, 1.165) is 55.6 Å². The van der Waals surface area contributed by atoms with Crippen molar-refractivity contribution in [1.82, 2.24) is 0 Å². The van der Waals surface area contributed by atoms with Crippen molar-refractivity contribution in [3.63, 3.8) is 0 Å². The first-order valence-corrected chi connectivity index (χ1v) is 13.0. The van der Waals surface area contributed by atoms with Gasteiger partial charge in [0.15, 0.2) is 0 Å². The van der Waals surface area contributed by atoms with Gasteiger partial charge < -0.3 is 15.6 Å². The fourth-order valence-electron chi connectivity index (χ4n) is 8.81. The van der Waals surface area contributed by atoms with Crippen molar-refractivity contribution in [1.29, 1.82) is 0 Å². The molecule has 0 amide bonds. The number of hydrogen-bond donors (Lipinski definition) is 2. The molecule has 0 aliphatic heterocycles. The molecule has 0 saturated heterocycles. The van der Waals surface area contributed by atoms with Crippen molar-refractivity contribution in [3.05, 3.63) is 0 Å². The van der Waals surface area contributed by atoms with Gasteiger partial charge in [0.2, 0.25) is 0 Å². The fourth-order valence-corrected chi connectivity index (χ4v) is 8.81. The van der Waals surface area contributed by atoms with E-state index < -0.39 is 0 Å². The smallest absolute Gasteiger partial charge is 0.0611 e. The molecule has 0 aromatic carbocycles. The van der Waals surface area contributed by atoms with Crippen molar-refractivity contribution in [2.75, 3.05) is 19.8 Å². The van der Waals surface area contributed by atoms with Crippen LogP contribution in [0.4, 0.5) is 0 Å².